The molecule has 2 rings (SSSR count). The highest BCUT2D eigenvalue weighted by Crippen LogP contribution is 2.21. The van der Waals surface area contributed by atoms with Crippen molar-refractivity contribution in [2.75, 3.05) is 12.4 Å². The zero-order valence-electron chi connectivity index (χ0n) is 10.8. The molecule has 1 N–H and O–H groups in total. The molecule has 0 bridgehead atoms. The van der Waals surface area contributed by atoms with Gasteiger partial charge in [-0.2, -0.15) is 0 Å². The quantitative estimate of drug-likeness (QED) is 0.860. The Bertz CT molecular complexity index is 613. The number of anilines is 1. The molecule has 2 aromatic rings. The van der Waals surface area contributed by atoms with Gasteiger partial charge in [0.05, 0.1) is 19.2 Å². The van der Waals surface area contributed by atoms with Crippen LogP contribution in [0.15, 0.2) is 30.3 Å². The lowest BCUT2D eigenvalue weighted by Crippen LogP contribution is -2.02. The van der Waals surface area contributed by atoms with Gasteiger partial charge in [-0.15, -0.1) is 11.3 Å². The number of carbonyl (C=O) groups is 1. The first kappa shape index (κ1) is 14.5. The van der Waals surface area contributed by atoms with Gasteiger partial charge in [0.15, 0.2) is 0 Å². The van der Waals surface area contributed by atoms with E-state index < -0.39 is 11.6 Å². The Morgan fingerprint density at radius 1 is 1.25 bits per heavy atom. The lowest BCUT2D eigenvalue weighted by Gasteiger charge is -2.06. The number of halogens is 2. The summed E-state index contributed by atoms with van der Waals surface area (Å²) in [6.45, 7) is 0.367. The van der Waals surface area contributed by atoms with Gasteiger partial charge >= 0.3 is 5.97 Å². The molecular formula is C14H13F2NO2S. The molecule has 6 heteroatoms. The third kappa shape index (κ3) is 3.77. The Labute approximate surface area is 119 Å². The Hall–Kier alpha value is -1.95. The fourth-order valence-corrected chi connectivity index (χ4v) is 2.59. The molecule has 0 spiro atoms. The number of thiophene rings is 1. The molecule has 0 aliphatic carbocycles. The van der Waals surface area contributed by atoms with Crippen LogP contribution in [0.3, 0.4) is 0 Å². The van der Waals surface area contributed by atoms with Crippen molar-refractivity contribution in [3.8, 4) is 0 Å². The first-order chi connectivity index (χ1) is 9.58. The normalized spacial score (nSPS) is 10.3. The molecule has 0 amide bonds. The summed E-state index contributed by atoms with van der Waals surface area (Å²) in [5.41, 5.74) is 0.118. The number of ether oxygens (including phenoxy) is 1. The Morgan fingerprint density at radius 2 is 2.00 bits per heavy atom. The maximum atomic E-state index is 13.4. The van der Waals surface area contributed by atoms with E-state index in [2.05, 4.69) is 10.1 Å². The van der Waals surface area contributed by atoms with Crippen molar-refractivity contribution in [2.45, 2.75) is 13.0 Å². The second kappa shape index (κ2) is 6.47. The molecule has 0 unspecified atom stereocenters. The number of hydrogen-bond acceptors (Lipinski definition) is 4. The van der Waals surface area contributed by atoms with Crippen molar-refractivity contribution >= 4 is 23.0 Å². The molecule has 0 saturated heterocycles. The van der Waals surface area contributed by atoms with Gasteiger partial charge in [0.1, 0.15) is 11.6 Å². The predicted molar refractivity (Wildman–Crippen MR) is 73.7 cm³/mol. The number of benzene rings is 1. The van der Waals surface area contributed by atoms with Crippen molar-refractivity contribution in [3.05, 3.63) is 51.7 Å². The van der Waals surface area contributed by atoms with Gasteiger partial charge in [-0.25, -0.2) is 8.78 Å². The van der Waals surface area contributed by atoms with Crippen LogP contribution < -0.4 is 5.32 Å². The standard InChI is InChI=1S/C14H13F2NO2S/c1-19-14(18)7-10-3-4-11(20-10)8-17-13-6-9(15)2-5-12(13)16/h2-6,17H,7-8H2,1H3. The van der Waals surface area contributed by atoms with E-state index in [1.165, 1.54) is 18.4 Å². The van der Waals surface area contributed by atoms with Crippen LogP contribution in [0.1, 0.15) is 9.75 Å². The van der Waals surface area contributed by atoms with E-state index in [1.54, 1.807) is 0 Å². The first-order valence-electron chi connectivity index (χ1n) is 5.92. The number of rotatable bonds is 5. The van der Waals surface area contributed by atoms with E-state index in [-0.39, 0.29) is 18.1 Å². The van der Waals surface area contributed by atoms with Crippen LogP contribution in [-0.4, -0.2) is 13.1 Å². The van der Waals surface area contributed by atoms with Crippen LogP contribution >= 0.6 is 11.3 Å². The number of nitrogens with one attached hydrogen (secondary N) is 1. The zero-order valence-corrected chi connectivity index (χ0v) is 11.6. The Kier molecular flexibility index (Phi) is 4.68. The van der Waals surface area contributed by atoms with Crippen molar-refractivity contribution in [2.24, 2.45) is 0 Å². The molecule has 0 saturated carbocycles. The zero-order chi connectivity index (χ0) is 14.5. The fourth-order valence-electron chi connectivity index (χ4n) is 1.64. The van der Waals surface area contributed by atoms with Gasteiger partial charge < -0.3 is 10.1 Å². The van der Waals surface area contributed by atoms with Gasteiger partial charge in [-0.1, -0.05) is 0 Å². The summed E-state index contributed by atoms with van der Waals surface area (Å²) < 4.78 is 31.0. The van der Waals surface area contributed by atoms with Crippen molar-refractivity contribution in [3.63, 3.8) is 0 Å². The van der Waals surface area contributed by atoms with Gasteiger partial charge in [0.2, 0.25) is 0 Å². The summed E-state index contributed by atoms with van der Waals surface area (Å²) >= 11 is 1.43. The highest BCUT2D eigenvalue weighted by atomic mass is 32.1. The molecule has 0 radical (unpaired) electrons. The predicted octanol–water partition coefficient (Wildman–Crippen LogP) is 3.35. The minimum absolute atomic E-state index is 0.118. The first-order valence-corrected chi connectivity index (χ1v) is 6.73. The van der Waals surface area contributed by atoms with Crippen LogP contribution in [0.4, 0.5) is 14.5 Å². The molecule has 0 aliphatic heterocycles. The summed E-state index contributed by atoms with van der Waals surface area (Å²) in [6, 6.07) is 6.92. The van der Waals surface area contributed by atoms with Crippen LogP contribution in [0.25, 0.3) is 0 Å². The molecule has 0 aliphatic rings. The van der Waals surface area contributed by atoms with E-state index in [1.807, 2.05) is 12.1 Å². The second-order valence-electron chi connectivity index (χ2n) is 4.10. The number of methoxy groups -OCH3 is 1. The van der Waals surface area contributed by atoms with Gasteiger partial charge in [0, 0.05) is 16.3 Å². The van der Waals surface area contributed by atoms with Crippen molar-refractivity contribution < 1.29 is 18.3 Å². The molecule has 1 aromatic carbocycles. The van der Waals surface area contributed by atoms with Crippen molar-refractivity contribution in [1.82, 2.24) is 0 Å². The van der Waals surface area contributed by atoms with Crippen LogP contribution in [-0.2, 0) is 22.5 Å². The maximum absolute atomic E-state index is 13.4. The highest BCUT2D eigenvalue weighted by molar-refractivity contribution is 7.12. The lowest BCUT2D eigenvalue weighted by atomic mass is 10.3. The molecule has 106 valence electrons. The minimum atomic E-state index is -0.502. The highest BCUT2D eigenvalue weighted by Gasteiger charge is 2.07. The molecule has 1 heterocycles. The summed E-state index contributed by atoms with van der Waals surface area (Å²) in [7, 11) is 1.34. The van der Waals surface area contributed by atoms with Crippen LogP contribution in [0.5, 0.6) is 0 Å². The minimum Gasteiger partial charge on any atom is -0.469 e. The van der Waals surface area contributed by atoms with E-state index in [0.717, 1.165) is 28.0 Å². The lowest BCUT2D eigenvalue weighted by molar-refractivity contribution is -0.139. The number of carbonyl (C=O) groups excluding carboxylic acids is 1. The van der Waals surface area contributed by atoms with Crippen LogP contribution in [0, 0.1) is 11.6 Å². The molecule has 3 nitrogen and oxygen atoms in total. The van der Waals surface area contributed by atoms with Crippen LogP contribution in [0.2, 0.25) is 0 Å². The third-order valence-electron chi connectivity index (χ3n) is 2.65. The maximum Gasteiger partial charge on any atom is 0.310 e. The van der Waals surface area contributed by atoms with Gasteiger partial charge in [-0.3, -0.25) is 4.79 Å². The topological polar surface area (TPSA) is 38.3 Å². The number of hydrogen-bond donors (Lipinski definition) is 1. The van der Waals surface area contributed by atoms with Gasteiger partial charge in [0.25, 0.3) is 0 Å². The molecule has 0 atom stereocenters. The van der Waals surface area contributed by atoms with Gasteiger partial charge in [-0.05, 0) is 30.3 Å². The Morgan fingerprint density at radius 3 is 2.75 bits per heavy atom. The SMILES string of the molecule is COC(=O)Cc1ccc(CNc2cc(F)ccc2F)s1. The largest absolute Gasteiger partial charge is 0.469 e. The fraction of sp³-hybridized carbons (Fsp3) is 0.214. The Balaban J connectivity index is 1.97. The molecular weight excluding hydrogens is 284 g/mol. The smallest absolute Gasteiger partial charge is 0.310 e. The monoisotopic (exact) mass is 297 g/mol. The summed E-state index contributed by atoms with van der Waals surface area (Å²) in [6.07, 6.45) is 0.218. The average Bonchev–Trinajstić information content (AvgIpc) is 2.87. The third-order valence-corrected chi connectivity index (χ3v) is 3.73. The average molecular weight is 297 g/mol. The van der Waals surface area contributed by atoms with E-state index in [4.69, 9.17) is 0 Å². The molecule has 1 aromatic heterocycles. The molecule has 0 fully saturated rings. The van der Waals surface area contributed by atoms with E-state index in [0.29, 0.717) is 6.54 Å². The summed E-state index contributed by atoms with van der Waals surface area (Å²) in [5.74, 6) is -1.30. The summed E-state index contributed by atoms with van der Waals surface area (Å²) in [4.78, 5) is 12.9. The van der Waals surface area contributed by atoms with E-state index in [9.17, 15) is 13.6 Å². The van der Waals surface area contributed by atoms with Crippen molar-refractivity contribution in [1.29, 1.82) is 0 Å². The summed E-state index contributed by atoms with van der Waals surface area (Å²) in [5, 5.41) is 2.83. The second-order valence-corrected chi connectivity index (χ2v) is 5.35. The number of esters is 1. The molecule has 20 heavy (non-hydrogen) atoms. The van der Waals surface area contributed by atoms with E-state index >= 15 is 0 Å².